The van der Waals surface area contributed by atoms with Crippen LogP contribution in [0.5, 0.6) is 23.0 Å². The van der Waals surface area contributed by atoms with Crippen LogP contribution < -0.4 is 19.5 Å². The van der Waals surface area contributed by atoms with Crippen molar-refractivity contribution in [1.29, 1.82) is 0 Å². The lowest BCUT2D eigenvalue weighted by Gasteiger charge is -2.13. The van der Waals surface area contributed by atoms with Crippen molar-refractivity contribution in [3.63, 3.8) is 0 Å². The molecule has 0 aliphatic carbocycles. The number of alkyl halides is 2. The zero-order valence-corrected chi connectivity index (χ0v) is 21.5. The summed E-state index contributed by atoms with van der Waals surface area (Å²) in [5.74, 6) is 2.62. The molecule has 0 fully saturated rings. The van der Waals surface area contributed by atoms with Gasteiger partial charge in [0.05, 0.1) is 23.4 Å². The van der Waals surface area contributed by atoms with E-state index >= 15 is 0 Å². The summed E-state index contributed by atoms with van der Waals surface area (Å²) in [6.45, 7) is 0.997. The van der Waals surface area contributed by atoms with Gasteiger partial charge in [0.15, 0.2) is 23.1 Å². The van der Waals surface area contributed by atoms with Gasteiger partial charge in [-0.3, -0.25) is 4.98 Å². The Bertz CT molecular complexity index is 1280. The maximum atomic E-state index is 14.5. The summed E-state index contributed by atoms with van der Waals surface area (Å²) in [4.78, 5) is 5.45. The molecule has 4 aromatic rings. The number of pyridine rings is 1. The third kappa shape index (κ3) is 6.28. The van der Waals surface area contributed by atoms with Crippen LogP contribution in [0.25, 0.3) is 20.7 Å². The molecule has 2 aromatic carbocycles. The van der Waals surface area contributed by atoms with Gasteiger partial charge in [0.1, 0.15) is 5.75 Å². The Labute approximate surface area is 217 Å². The highest BCUT2D eigenvalue weighted by Crippen LogP contribution is 2.42. The van der Waals surface area contributed by atoms with Crippen LogP contribution in [0.3, 0.4) is 0 Å². The van der Waals surface area contributed by atoms with Crippen LogP contribution in [0.4, 0.5) is 10.1 Å². The molecular weight excluding hydrogens is 510 g/mol. The SMILES string of the molecule is CNc1ccc(Oc2ccnc3cc(-c4ccc(OCCCCl)c(OCCCCl)c4)sc23)c(F)c1. The molecule has 2 heterocycles. The van der Waals surface area contributed by atoms with E-state index in [2.05, 4.69) is 10.3 Å². The minimum atomic E-state index is -0.443. The number of hydrogen-bond donors (Lipinski definition) is 1. The van der Waals surface area contributed by atoms with Crippen molar-refractivity contribution in [1.82, 2.24) is 4.98 Å². The third-order valence-corrected chi connectivity index (χ3v) is 6.84. The predicted molar refractivity (Wildman–Crippen MR) is 143 cm³/mol. The summed E-state index contributed by atoms with van der Waals surface area (Å²) in [5, 5.41) is 2.91. The Kier molecular flexibility index (Phi) is 8.90. The Morgan fingerprint density at radius 1 is 0.886 bits per heavy atom. The van der Waals surface area contributed by atoms with E-state index < -0.39 is 5.82 Å². The van der Waals surface area contributed by atoms with Gasteiger partial charge in [0.25, 0.3) is 0 Å². The molecular formula is C26H25Cl2FN2O3S. The Balaban J connectivity index is 1.64. The summed E-state index contributed by atoms with van der Waals surface area (Å²) < 4.78 is 33.1. The first kappa shape index (κ1) is 25.4. The number of aromatic nitrogens is 1. The van der Waals surface area contributed by atoms with Crippen molar-refractivity contribution < 1.29 is 18.6 Å². The molecule has 1 N–H and O–H groups in total. The highest BCUT2D eigenvalue weighted by Gasteiger charge is 2.15. The van der Waals surface area contributed by atoms with E-state index in [4.69, 9.17) is 37.4 Å². The van der Waals surface area contributed by atoms with Gasteiger partial charge in [-0.1, -0.05) is 0 Å². The highest BCUT2D eigenvalue weighted by molar-refractivity contribution is 7.22. The lowest BCUT2D eigenvalue weighted by Crippen LogP contribution is -2.03. The molecule has 35 heavy (non-hydrogen) atoms. The molecule has 0 atom stereocenters. The van der Waals surface area contributed by atoms with E-state index in [1.54, 1.807) is 31.4 Å². The number of nitrogens with one attached hydrogen (secondary N) is 1. The van der Waals surface area contributed by atoms with Crippen LogP contribution in [0.1, 0.15) is 12.8 Å². The third-order valence-electron chi connectivity index (χ3n) is 5.12. The second-order valence-corrected chi connectivity index (χ2v) is 9.38. The number of thiophene rings is 1. The highest BCUT2D eigenvalue weighted by atomic mass is 35.5. The van der Waals surface area contributed by atoms with Crippen molar-refractivity contribution in [3.05, 3.63) is 60.5 Å². The second kappa shape index (κ2) is 12.3. The smallest absolute Gasteiger partial charge is 0.167 e. The predicted octanol–water partition coefficient (Wildman–Crippen LogP) is 7.95. The zero-order valence-electron chi connectivity index (χ0n) is 19.2. The van der Waals surface area contributed by atoms with E-state index in [-0.39, 0.29) is 5.75 Å². The van der Waals surface area contributed by atoms with E-state index in [9.17, 15) is 4.39 Å². The number of nitrogens with zero attached hydrogens (tertiary/aromatic N) is 1. The van der Waals surface area contributed by atoms with Crippen LogP contribution in [-0.4, -0.2) is 37.0 Å². The first-order chi connectivity index (χ1) is 17.1. The van der Waals surface area contributed by atoms with Gasteiger partial charge < -0.3 is 19.5 Å². The average Bonchev–Trinajstić information content (AvgIpc) is 3.31. The van der Waals surface area contributed by atoms with Crippen molar-refractivity contribution >= 4 is 50.4 Å². The van der Waals surface area contributed by atoms with E-state index in [1.807, 2.05) is 24.3 Å². The van der Waals surface area contributed by atoms with Crippen molar-refractivity contribution in [3.8, 4) is 33.4 Å². The molecule has 184 valence electrons. The van der Waals surface area contributed by atoms with Crippen LogP contribution in [0.15, 0.2) is 54.7 Å². The molecule has 0 radical (unpaired) electrons. The van der Waals surface area contributed by atoms with Gasteiger partial charge in [-0.25, -0.2) is 4.39 Å². The maximum Gasteiger partial charge on any atom is 0.167 e. The van der Waals surface area contributed by atoms with Crippen molar-refractivity contribution in [2.75, 3.05) is 37.3 Å². The standard InChI is InChI=1S/C26H25Cl2FN2O3S/c1-30-18-5-7-21(19(29)15-18)34-23-8-11-31-20-16-25(35-26(20)23)17-4-6-22(32-12-2-9-27)24(14-17)33-13-3-10-28/h4-8,11,14-16,30H,2-3,9-10,12-13H2,1H3. The number of benzene rings is 2. The van der Waals surface area contributed by atoms with Gasteiger partial charge in [-0.2, -0.15) is 0 Å². The molecule has 2 aromatic heterocycles. The number of anilines is 1. The van der Waals surface area contributed by atoms with E-state index in [0.717, 1.165) is 33.5 Å². The minimum absolute atomic E-state index is 0.153. The Morgan fingerprint density at radius 3 is 2.34 bits per heavy atom. The summed E-state index contributed by atoms with van der Waals surface area (Å²) >= 11 is 13.1. The normalized spacial score (nSPS) is 11.0. The Hall–Kier alpha value is -2.74. The number of ether oxygens (including phenoxy) is 3. The fraction of sp³-hybridized carbons (Fsp3) is 0.269. The summed E-state index contributed by atoms with van der Waals surface area (Å²) in [5.41, 5.74) is 2.39. The minimum Gasteiger partial charge on any atom is -0.490 e. The first-order valence-electron chi connectivity index (χ1n) is 11.2. The topological polar surface area (TPSA) is 52.6 Å². The molecule has 5 nitrogen and oxygen atoms in total. The van der Waals surface area contributed by atoms with Crippen LogP contribution in [0, 0.1) is 5.82 Å². The van der Waals surface area contributed by atoms with Gasteiger partial charge >= 0.3 is 0 Å². The van der Waals surface area contributed by atoms with E-state index in [1.165, 1.54) is 17.4 Å². The van der Waals surface area contributed by atoms with Gasteiger partial charge in [0, 0.05) is 47.7 Å². The zero-order chi connectivity index (χ0) is 24.6. The molecule has 0 saturated carbocycles. The molecule has 0 aliphatic rings. The fourth-order valence-electron chi connectivity index (χ4n) is 3.36. The van der Waals surface area contributed by atoms with E-state index in [0.29, 0.717) is 47.9 Å². The number of halogens is 3. The van der Waals surface area contributed by atoms with Crippen molar-refractivity contribution in [2.24, 2.45) is 0 Å². The van der Waals surface area contributed by atoms with Crippen LogP contribution in [-0.2, 0) is 0 Å². The number of rotatable bonds is 12. The summed E-state index contributed by atoms with van der Waals surface area (Å²) in [7, 11) is 1.74. The quantitative estimate of drug-likeness (QED) is 0.147. The first-order valence-corrected chi connectivity index (χ1v) is 13.1. The maximum absolute atomic E-state index is 14.5. The summed E-state index contributed by atoms with van der Waals surface area (Å²) in [6.07, 6.45) is 3.13. The monoisotopic (exact) mass is 534 g/mol. The largest absolute Gasteiger partial charge is 0.490 e. The Morgan fingerprint density at radius 2 is 1.63 bits per heavy atom. The van der Waals surface area contributed by atoms with Gasteiger partial charge in [-0.15, -0.1) is 34.5 Å². The second-order valence-electron chi connectivity index (χ2n) is 7.57. The van der Waals surface area contributed by atoms with Crippen LogP contribution in [0.2, 0.25) is 0 Å². The fourth-order valence-corrected chi connectivity index (χ4v) is 4.64. The molecule has 0 spiro atoms. The van der Waals surface area contributed by atoms with Gasteiger partial charge in [0.2, 0.25) is 0 Å². The molecule has 9 heteroatoms. The molecule has 0 unspecified atom stereocenters. The molecule has 0 amide bonds. The molecule has 0 saturated heterocycles. The number of hydrogen-bond acceptors (Lipinski definition) is 6. The average molecular weight is 535 g/mol. The lowest BCUT2D eigenvalue weighted by molar-refractivity contribution is 0.269. The van der Waals surface area contributed by atoms with Crippen LogP contribution >= 0.6 is 34.5 Å². The molecule has 0 bridgehead atoms. The molecule has 0 aliphatic heterocycles. The molecule has 4 rings (SSSR count). The lowest BCUT2D eigenvalue weighted by atomic mass is 10.1. The summed E-state index contributed by atoms with van der Waals surface area (Å²) in [6, 6.07) is 14.3. The number of fused-ring (bicyclic) bond motifs is 1. The van der Waals surface area contributed by atoms with Gasteiger partial charge in [-0.05, 0) is 54.8 Å². The van der Waals surface area contributed by atoms with Crippen molar-refractivity contribution in [2.45, 2.75) is 12.8 Å².